The highest BCUT2D eigenvalue weighted by Gasteiger charge is 2.09. The molecule has 0 heterocycles. The molecule has 6 nitrogen and oxygen atoms in total. The van der Waals surface area contributed by atoms with Gasteiger partial charge in [0, 0.05) is 25.6 Å². The Hall–Kier alpha value is -1.30. The van der Waals surface area contributed by atoms with Crippen LogP contribution in [-0.4, -0.2) is 54.2 Å². The minimum absolute atomic E-state index is 0.0962. The third kappa shape index (κ3) is 10.3. The molecule has 3 N–H and O–H groups in total. The zero-order valence-corrected chi connectivity index (χ0v) is 12.2. The van der Waals surface area contributed by atoms with Crippen molar-refractivity contribution in [3.63, 3.8) is 0 Å². The molecule has 0 aliphatic heterocycles. The summed E-state index contributed by atoms with van der Waals surface area (Å²) in [6, 6.07) is -0.0890. The van der Waals surface area contributed by atoms with Crippen LogP contribution < -0.4 is 10.6 Å². The van der Waals surface area contributed by atoms with Crippen LogP contribution in [0.2, 0.25) is 0 Å². The monoisotopic (exact) mass is 273 g/mol. The molecule has 112 valence electrons. The minimum Gasteiger partial charge on any atom is -0.481 e. The van der Waals surface area contributed by atoms with E-state index in [4.69, 9.17) is 5.11 Å². The van der Waals surface area contributed by atoms with Crippen molar-refractivity contribution in [3.05, 3.63) is 0 Å². The molecule has 0 rings (SSSR count). The van der Waals surface area contributed by atoms with Gasteiger partial charge in [-0.05, 0) is 32.9 Å². The Morgan fingerprint density at radius 1 is 1.21 bits per heavy atom. The van der Waals surface area contributed by atoms with Gasteiger partial charge >= 0.3 is 12.0 Å². The van der Waals surface area contributed by atoms with Gasteiger partial charge in [-0.3, -0.25) is 4.79 Å². The molecule has 0 aromatic heterocycles. The van der Waals surface area contributed by atoms with Crippen molar-refractivity contribution in [2.24, 2.45) is 0 Å². The average molecular weight is 273 g/mol. The first-order chi connectivity index (χ1) is 8.99. The van der Waals surface area contributed by atoms with Gasteiger partial charge in [-0.25, -0.2) is 4.79 Å². The van der Waals surface area contributed by atoms with E-state index in [1.807, 2.05) is 6.92 Å². The fraction of sp³-hybridized carbons (Fsp3) is 0.846. The van der Waals surface area contributed by atoms with E-state index in [-0.39, 0.29) is 18.5 Å². The average Bonchev–Trinajstić information content (AvgIpc) is 2.35. The van der Waals surface area contributed by atoms with Gasteiger partial charge in [0.05, 0.1) is 0 Å². The van der Waals surface area contributed by atoms with Gasteiger partial charge in [-0.1, -0.05) is 13.8 Å². The smallest absolute Gasteiger partial charge is 0.315 e. The molecule has 6 heteroatoms. The predicted molar refractivity (Wildman–Crippen MR) is 75.3 cm³/mol. The molecule has 2 amide bonds. The van der Waals surface area contributed by atoms with Crippen LogP contribution in [0.4, 0.5) is 4.79 Å². The summed E-state index contributed by atoms with van der Waals surface area (Å²) in [6.45, 7) is 9.45. The van der Waals surface area contributed by atoms with Crippen LogP contribution in [0.15, 0.2) is 0 Å². The zero-order valence-electron chi connectivity index (χ0n) is 12.2. The second kappa shape index (κ2) is 10.6. The molecule has 0 spiro atoms. The van der Waals surface area contributed by atoms with Crippen molar-refractivity contribution < 1.29 is 14.7 Å². The van der Waals surface area contributed by atoms with E-state index < -0.39 is 5.97 Å². The first-order valence-electron chi connectivity index (χ1n) is 6.98. The third-order valence-corrected chi connectivity index (χ3v) is 2.91. The van der Waals surface area contributed by atoms with Crippen LogP contribution in [0, 0.1) is 0 Å². The Morgan fingerprint density at radius 2 is 1.84 bits per heavy atom. The van der Waals surface area contributed by atoms with E-state index in [0.717, 1.165) is 19.6 Å². The Morgan fingerprint density at radius 3 is 2.37 bits per heavy atom. The third-order valence-electron chi connectivity index (χ3n) is 2.91. The zero-order chi connectivity index (χ0) is 14.7. The number of carboxylic acids is 1. The van der Waals surface area contributed by atoms with Gasteiger partial charge in [0.2, 0.25) is 0 Å². The van der Waals surface area contributed by atoms with Gasteiger partial charge < -0.3 is 20.6 Å². The van der Waals surface area contributed by atoms with E-state index >= 15 is 0 Å². The van der Waals surface area contributed by atoms with E-state index in [1.165, 1.54) is 0 Å². The van der Waals surface area contributed by atoms with Crippen molar-refractivity contribution in [2.75, 3.05) is 26.2 Å². The number of urea groups is 1. The Kier molecular flexibility index (Phi) is 9.88. The highest BCUT2D eigenvalue weighted by molar-refractivity contribution is 5.74. The summed E-state index contributed by atoms with van der Waals surface area (Å²) in [7, 11) is 0. The highest BCUT2D eigenvalue weighted by Crippen LogP contribution is 1.94. The number of amides is 2. The summed E-state index contributed by atoms with van der Waals surface area (Å²) < 4.78 is 0. The molecular weight excluding hydrogens is 246 g/mol. The fourth-order valence-electron chi connectivity index (χ4n) is 1.79. The van der Waals surface area contributed by atoms with Crippen LogP contribution in [0.25, 0.3) is 0 Å². The van der Waals surface area contributed by atoms with E-state index in [0.29, 0.717) is 19.4 Å². The lowest BCUT2D eigenvalue weighted by atomic mass is 10.2. The lowest BCUT2D eigenvalue weighted by molar-refractivity contribution is -0.137. The summed E-state index contributed by atoms with van der Waals surface area (Å²) in [5, 5.41) is 14.1. The van der Waals surface area contributed by atoms with Crippen LogP contribution in [0.1, 0.15) is 40.0 Å². The summed E-state index contributed by atoms with van der Waals surface area (Å²) in [6.07, 6.45) is 1.43. The number of likely N-dealkylation sites (N-methyl/N-ethyl adjacent to an activating group) is 1. The van der Waals surface area contributed by atoms with E-state index in [2.05, 4.69) is 29.4 Å². The van der Waals surface area contributed by atoms with Gasteiger partial charge in [-0.2, -0.15) is 0 Å². The maximum Gasteiger partial charge on any atom is 0.315 e. The number of aliphatic carboxylic acids is 1. The SMILES string of the molecule is CCN(CC)CC(C)NC(=O)NCCCCC(=O)O. The largest absolute Gasteiger partial charge is 0.481 e. The molecule has 0 saturated heterocycles. The molecule has 0 saturated carbocycles. The lowest BCUT2D eigenvalue weighted by Crippen LogP contribution is -2.46. The summed E-state index contributed by atoms with van der Waals surface area (Å²) in [5.41, 5.74) is 0. The van der Waals surface area contributed by atoms with Crippen molar-refractivity contribution >= 4 is 12.0 Å². The molecule has 0 aliphatic rings. The summed E-state index contributed by atoms with van der Waals surface area (Å²) in [4.78, 5) is 24.1. The number of hydrogen-bond acceptors (Lipinski definition) is 3. The van der Waals surface area contributed by atoms with Gasteiger partial charge in [0.1, 0.15) is 0 Å². The molecular formula is C13H27N3O3. The van der Waals surface area contributed by atoms with Crippen molar-refractivity contribution in [1.82, 2.24) is 15.5 Å². The molecule has 0 aliphatic carbocycles. The second-order valence-electron chi connectivity index (χ2n) is 4.64. The summed E-state index contributed by atoms with van der Waals surface area (Å²) >= 11 is 0. The predicted octanol–water partition coefficient (Wildman–Crippen LogP) is 1.27. The van der Waals surface area contributed by atoms with Crippen LogP contribution in [0.3, 0.4) is 0 Å². The first-order valence-corrected chi connectivity index (χ1v) is 6.98. The van der Waals surface area contributed by atoms with Crippen LogP contribution in [-0.2, 0) is 4.79 Å². The number of carbonyl (C=O) groups is 2. The standard InChI is InChI=1S/C13H27N3O3/c1-4-16(5-2)10-11(3)15-13(19)14-9-7-6-8-12(17)18/h11H,4-10H2,1-3H3,(H,17,18)(H2,14,15,19). The molecule has 0 aromatic carbocycles. The van der Waals surface area contributed by atoms with E-state index in [9.17, 15) is 9.59 Å². The summed E-state index contributed by atoms with van der Waals surface area (Å²) in [5.74, 6) is -0.794. The Bertz CT molecular complexity index is 268. The van der Waals surface area contributed by atoms with Crippen LogP contribution >= 0.6 is 0 Å². The highest BCUT2D eigenvalue weighted by atomic mass is 16.4. The molecule has 0 radical (unpaired) electrons. The van der Waals surface area contributed by atoms with Gasteiger partial charge in [0.15, 0.2) is 0 Å². The number of nitrogens with one attached hydrogen (secondary N) is 2. The fourth-order valence-corrected chi connectivity index (χ4v) is 1.79. The number of carboxylic acid groups (broad SMARTS) is 1. The Balaban J connectivity index is 3.64. The number of rotatable bonds is 10. The second-order valence-corrected chi connectivity index (χ2v) is 4.64. The topological polar surface area (TPSA) is 81.7 Å². The quantitative estimate of drug-likeness (QED) is 0.524. The minimum atomic E-state index is -0.794. The van der Waals surface area contributed by atoms with Gasteiger partial charge in [0.25, 0.3) is 0 Å². The number of carbonyl (C=O) groups excluding carboxylic acids is 1. The van der Waals surface area contributed by atoms with Crippen molar-refractivity contribution in [2.45, 2.75) is 46.1 Å². The van der Waals surface area contributed by atoms with Gasteiger partial charge in [-0.15, -0.1) is 0 Å². The lowest BCUT2D eigenvalue weighted by Gasteiger charge is -2.23. The molecule has 0 aromatic rings. The van der Waals surface area contributed by atoms with Crippen LogP contribution in [0.5, 0.6) is 0 Å². The number of hydrogen-bond donors (Lipinski definition) is 3. The maximum atomic E-state index is 11.6. The van der Waals surface area contributed by atoms with Crippen molar-refractivity contribution in [1.29, 1.82) is 0 Å². The Labute approximate surface area is 115 Å². The molecule has 19 heavy (non-hydrogen) atoms. The molecule has 0 bridgehead atoms. The number of unbranched alkanes of at least 4 members (excludes halogenated alkanes) is 1. The molecule has 0 fully saturated rings. The number of nitrogens with zero attached hydrogens (tertiary/aromatic N) is 1. The first kappa shape index (κ1) is 17.7. The van der Waals surface area contributed by atoms with E-state index in [1.54, 1.807) is 0 Å². The normalized spacial score (nSPS) is 12.2. The maximum absolute atomic E-state index is 11.6. The molecule has 1 atom stereocenters. The van der Waals surface area contributed by atoms with Crippen molar-refractivity contribution in [3.8, 4) is 0 Å². The molecule has 1 unspecified atom stereocenters.